The van der Waals surface area contributed by atoms with Crippen LogP contribution < -0.4 is 15.2 Å². The highest BCUT2D eigenvalue weighted by atomic mass is 35.5. The Kier molecular flexibility index (Phi) is 5.05. The predicted octanol–water partition coefficient (Wildman–Crippen LogP) is 1.30. The first-order valence-electron chi connectivity index (χ1n) is 6.11. The number of benzene rings is 1. The Morgan fingerprint density at radius 2 is 2.05 bits per heavy atom. The fourth-order valence-corrected chi connectivity index (χ4v) is 2.08. The normalized spacial score (nSPS) is 14.8. The maximum atomic E-state index is 10.9. The standard InChI is InChI=1S/C13H16ClNO5/c1-17-13(16)7-18-6-10(15)8-4-11-12(5-9(8)14)20-3-2-19-11/h4-5,10H,2-3,6-7,15H2,1H3. The Balaban J connectivity index is 2.02. The number of rotatable bonds is 5. The predicted molar refractivity (Wildman–Crippen MR) is 72.2 cm³/mol. The zero-order valence-corrected chi connectivity index (χ0v) is 11.8. The van der Waals surface area contributed by atoms with Gasteiger partial charge in [0.05, 0.1) is 19.8 Å². The molecule has 0 radical (unpaired) electrons. The molecule has 2 N–H and O–H groups in total. The van der Waals surface area contributed by atoms with Crippen molar-refractivity contribution in [1.82, 2.24) is 0 Å². The molecule has 6 nitrogen and oxygen atoms in total. The molecule has 0 bridgehead atoms. The largest absolute Gasteiger partial charge is 0.486 e. The minimum Gasteiger partial charge on any atom is -0.486 e. The number of halogens is 1. The van der Waals surface area contributed by atoms with Gasteiger partial charge in [0.15, 0.2) is 11.5 Å². The van der Waals surface area contributed by atoms with E-state index in [1.165, 1.54) is 7.11 Å². The van der Waals surface area contributed by atoms with Crippen LogP contribution in [0.4, 0.5) is 0 Å². The number of esters is 1. The summed E-state index contributed by atoms with van der Waals surface area (Å²) >= 11 is 6.16. The van der Waals surface area contributed by atoms with Gasteiger partial charge in [0.1, 0.15) is 19.8 Å². The molecule has 0 fully saturated rings. The minimum absolute atomic E-state index is 0.146. The van der Waals surface area contributed by atoms with Crippen molar-refractivity contribution < 1.29 is 23.7 Å². The molecule has 1 aromatic carbocycles. The monoisotopic (exact) mass is 301 g/mol. The maximum absolute atomic E-state index is 10.9. The smallest absolute Gasteiger partial charge is 0.331 e. The van der Waals surface area contributed by atoms with Crippen LogP contribution in [0.15, 0.2) is 12.1 Å². The molecule has 1 atom stereocenters. The van der Waals surface area contributed by atoms with Crippen LogP contribution in [0.5, 0.6) is 11.5 Å². The summed E-state index contributed by atoms with van der Waals surface area (Å²) in [4.78, 5) is 10.9. The highest BCUT2D eigenvalue weighted by Gasteiger charge is 2.19. The zero-order valence-electron chi connectivity index (χ0n) is 11.1. The van der Waals surface area contributed by atoms with Gasteiger partial charge in [-0.25, -0.2) is 4.79 Å². The van der Waals surface area contributed by atoms with Gasteiger partial charge >= 0.3 is 5.97 Å². The Hall–Kier alpha value is -1.50. The van der Waals surface area contributed by atoms with Gasteiger partial charge in [0.2, 0.25) is 0 Å². The summed E-state index contributed by atoms with van der Waals surface area (Å²) in [6, 6.07) is 2.94. The van der Waals surface area contributed by atoms with E-state index < -0.39 is 12.0 Å². The first-order valence-corrected chi connectivity index (χ1v) is 6.48. The molecular weight excluding hydrogens is 286 g/mol. The topological polar surface area (TPSA) is 80.0 Å². The number of nitrogens with two attached hydrogens (primary N) is 1. The quantitative estimate of drug-likeness (QED) is 0.826. The minimum atomic E-state index is -0.469. The van der Waals surface area contributed by atoms with Crippen LogP contribution in [0.3, 0.4) is 0 Å². The number of methoxy groups -OCH3 is 1. The Labute approximate surface area is 121 Å². The zero-order chi connectivity index (χ0) is 14.5. The summed E-state index contributed by atoms with van der Waals surface area (Å²) < 4.78 is 20.5. The van der Waals surface area contributed by atoms with Crippen molar-refractivity contribution in [1.29, 1.82) is 0 Å². The van der Waals surface area contributed by atoms with Crippen molar-refractivity contribution in [3.63, 3.8) is 0 Å². The second kappa shape index (κ2) is 6.78. The fourth-order valence-electron chi connectivity index (χ4n) is 1.78. The third kappa shape index (κ3) is 3.53. The molecule has 1 aliphatic rings. The molecule has 1 unspecified atom stereocenters. The molecule has 2 rings (SSSR count). The maximum Gasteiger partial charge on any atom is 0.331 e. The van der Waals surface area contributed by atoms with E-state index >= 15 is 0 Å². The average molecular weight is 302 g/mol. The molecule has 110 valence electrons. The number of carbonyl (C=O) groups excluding carboxylic acids is 1. The van der Waals surface area contributed by atoms with E-state index in [2.05, 4.69) is 4.74 Å². The van der Waals surface area contributed by atoms with Crippen molar-refractivity contribution >= 4 is 17.6 Å². The van der Waals surface area contributed by atoms with Crippen LogP contribution in [0.2, 0.25) is 5.02 Å². The first kappa shape index (κ1) is 14.9. The average Bonchev–Trinajstić information content (AvgIpc) is 2.46. The second-order valence-corrected chi connectivity index (χ2v) is 4.62. The van der Waals surface area contributed by atoms with Crippen molar-refractivity contribution in [3.05, 3.63) is 22.7 Å². The summed E-state index contributed by atoms with van der Waals surface area (Å²) in [6.07, 6.45) is 0. The fraction of sp³-hybridized carbons (Fsp3) is 0.462. The van der Waals surface area contributed by atoms with Crippen molar-refractivity contribution in [3.8, 4) is 11.5 Å². The van der Waals surface area contributed by atoms with Gasteiger partial charge in [-0.1, -0.05) is 11.6 Å². The number of carbonyl (C=O) groups is 1. The molecule has 0 spiro atoms. The van der Waals surface area contributed by atoms with Crippen molar-refractivity contribution in [2.24, 2.45) is 5.73 Å². The second-order valence-electron chi connectivity index (χ2n) is 4.22. The third-order valence-electron chi connectivity index (χ3n) is 2.81. The summed E-state index contributed by atoms with van der Waals surface area (Å²) in [7, 11) is 1.29. The third-order valence-corrected chi connectivity index (χ3v) is 3.13. The first-order chi connectivity index (χ1) is 9.61. The molecule has 0 amide bonds. The lowest BCUT2D eigenvalue weighted by molar-refractivity contribution is -0.146. The molecule has 20 heavy (non-hydrogen) atoms. The lowest BCUT2D eigenvalue weighted by Gasteiger charge is -2.21. The van der Waals surface area contributed by atoms with Gasteiger partial charge < -0.3 is 24.7 Å². The number of fused-ring (bicyclic) bond motifs is 1. The molecule has 0 aliphatic carbocycles. The van der Waals surface area contributed by atoms with E-state index in [4.69, 9.17) is 31.5 Å². The van der Waals surface area contributed by atoms with Gasteiger partial charge in [0.25, 0.3) is 0 Å². The van der Waals surface area contributed by atoms with Crippen molar-refractivity contribution in [2.45, 2.75) is 6.04 Å². The molecule has 0 aromatic heterocycles. The van der Waals surface area contributed by atoms with Crippen LogP contribution in [-0.4, -0.2) is 39.5 Å². The molecule has 1 aliphatic heterocycles. The van der Waals surface area contributed by atoms with E-state index in [0.29, 0.717) is 35.3 Å². The Morgan fingerprint density at radius 3 is 2.70 bits per heavy atom. The summed E-state index contributed by atoms with van der Waals surface area (Å²) in [5, 5.41) is 0.475. The van der Waals surface area contributed by atoms with Crippen LogP contribution >= 0.6 is 11.6 Å². The number of hydrogen-bond donors (Lipinski definition) is 1. The van der Waals surface area contributed by atoms with Crippen LogP contribution in [0.1, 0.15) is 11.6 Å². The van der Waals surface area contributed by atoms with E-state index in [1.54, 1.807) is 12.1 Å². The molecule has 1 aromatic rings. The number of ether oxygens (including phenoxy) is 4. The number of hydrogen-bond acceptors (Lipinski definition) is 6. The van der Waals surface area contributed by atoms with Crippen LogP contribution in [0.25, 0.3) is 0 Å². The van der Waals surface area contributed by atoms with Gasteiger partial charge in [-0.2, -0.15) is 0 Å². The Bertz CT molecular complexity index is 494. The summed E-state index contributed by atoms with van der Waals surface area (Å²) in [6.45, 7) is 0.986. The molecule has 7 heteroatoms. The lowest BCUT2D eigenvalue weighted by atomic mass is 10.1. The summed E-state index contributed by atoms with van der Waals surface area (Å²) in [5.41, 5.74) is 6.68. The molecular formula is C13H16ClNO5. The van der Waals surface area contributed by atoms with Crippen LogP contribution in [-0.2, 0) is 14.3 Å². The van der Waals surface area contributed by atoms with Crippen LogP contribution in [0, 0.1) is 0 Å². The van der Waals surface area contributed by atoms with E-state index in [0.717, 1.165) is 0 Å². The van der Waals surface area contributed by atoms with Gasteiger partial charge in [-0.3, -0.25) is 0 Å². The highest BCUT2D eigenvalue weighted by molar-refractivity contribution is 6.31. The molecule has 1 heterocycles. The Morgan fingerprint density at radius 1 is 1.40 bits per heavy atom. The van der Waals surface area contributed by atoms with E-state index in [-0.39, 0.29) is 13.2 Å². The van der Waals surface area contributed by atoms with Crippen molar-refractivity contribution in [2.75, 3.05) is 33.5 Å². The molecule has 0 saturated heterocycles. The van der Waals surface area contributed by atoms with E-state index in [1.807, 2.05) is 0 Å². The highest BCUT2D eigenvalue weighted by Crippen LogP contribution is 2.37. The van der Waals surface area contributed by atoms with Gasteiger partial charge in [-0.15, -0.1) is 0 Å². The SMILES string of the molecule is COC(=O)COCC(N)c1cc2c(cc1Cl)OCCO2. The van der Waals surface area contributed by atoms with E-state index in [9.17, 15) is 4.79 Å². The summed E-state index contributed by atoms with van der Waals surface area (Å²) in [5.74, 6) is 0.761. The molecule has 0 saturated carbocycles. The van der Waals surface area contributed by atoms with Gasteiger partial charge in [-0.05, 0) is 11.6 Å². The lowest BCUT2D eigenvalue weighted by Crippen LogP contribution is -2.21. The van der Waals surface area contributed by atoms with Gasteiger partial charge in [0, 0.05) is 11.1 Å².